The molecule has 1 amide bonds. The number of carboxylic acids is 1. The Hall–Kier alpha value is -1.30. The Morgan fingerprint density at radius 3 is 2.40 bits per heavy atom. The highest BCUT2D eigenvalue weighted by molar-refractivity contribution is 6.34. The van der Waals surface area contributed by atoms with Gasteiger partial charge >= 0.3 is 5.97 Å². The number of aliphatic hydroxyl groups is 1. The van der Waals surface area contributed by atoms with Crippen molar-refractivity contribution >= 4 is 35.1 Å². The smallest absolute Gasteiger partial charge is 0.326 e. The molecular weight excluding hydrogens is 305 g/mol. The van der Waals surface area contributed by atoms with Gasteiger partial charge in [0.2, 0.25) is 0 Å². The SMILES string of the molecule is O=C(O)C1CCCN1C(=O)C(O)c1cc(Cl)cc(Cl)c1. The van der Waals surface area contributed by atoms with Gasteiger partial charge in [0.15, 0.2) is 6.10 Å². The van der Waals surface area contributed by atoms with Crippen LogP contribution in [0.25, 0.3) is 0 Å². The maximum absolute atomic E-state index is 12.2. The zero-order chi connectivity index (χ0) is 14.9. The van der Waals surface area contributed by atoms with E-state index >= 15 is 0 Å². The molecule has 1 aliphatic rings. The number of carbonyl (C=O) groups is 2. The Morgan fingerprint density at radius 2 is 1.85 bits per heavy atom. The molecule has 0 aromatic heterocycles. The minimum Gasteiger partial charge on any atom is -0.480 e. The minimum atomic E-state index is -1.47. The summed E-state index contributed by atoms with van der Waals surface area (Å²) in [6.07, 6.45) is -0.471. The topological polar surface area (TPSA) is 77.8 Å². The number of halogens is 2. The molecular formula is C13H13Cl2NO4. The lowest BCUT2D eigenvalue weighted by molar-refractivity contribution is -0.152. The molecule has 5 nitrogen and oxygen atoms in total. The summed E-state index contributed by atoms with van der Waals surface area (Å²) in [4.78, 5) is 24.5. The van der Waals surface area contributed by atoms with E-state index in [1.54, 1.807) is 0 Å². The van der Waals surface area contributed by atoms with E-state index in [2.05, 4.69) is 0 Å². The van der Waals surface area contributed by atoms with Crippen LogP contribution >= 0.6 is 23.2 Å². The Labute approximate surface area is 125 Å². The number of hydrogen-bond donors (Lipinski definition) is 2. The number of aliphatic hydroxyl groups excluding tert-OH is 1. The van der Waals surface area contributed by atoms with Crippen molar-refractivity contribution < 1.29 is 19.8 Å². The molecule has 1 aromatic carbocycles. The van der Waals surface area contributed by atoms with Crippen molar-refractivity contribution in [3.63, 3.8) is 0 Å². The van der Waals surface area contributed by atoms with E-state index in [0.717, 1.165) is 0 Å². The van der Waals surface area contributed by atoms with E-state index in [-0.39, 0.29) is 5.56 Å². The molecule has 0 bridgehead atoms. The monoisotopic (exact) mass is 317 g/mol. The number of rotatable bonds is 3. The summed E-state index contributed by atoms with van der Waals surface area (Å²) < 4.78 is 0. The molecule has 2 N–H and O–H groups in total. The van der Waals surface area contributed by atoms with Crippen LogP contribution in [0, 0.1) is 0 Å². The van der Waals surface area contributed by atoms with Crippen LogP contribution in [0.15, 0.2) is 18.2 Å². The van der Waals surface area contributed by atoms with Crippen LogP contribution in [0.5, 0.6) is 0 Å². The normalized spacial score (nSPS) is 19.9. The number of hydrogen-bond acceptors (Lipinski definition) is 3. The molecule has 7 heteroatoms. The van der Waals surface area contributed by atoms with Gasteiger partial charge < -0.3 is 15.1 Å². The number of aliphatic carboxylic acids is 1. The van der Waals surface area contributed by atoms with Crippen molar-refractivity contribution in [2.24, 2.45) is 0 Å². The lowest BCUT2D eigenvalue weighted by atomic mass is 10.1. The minimum absolute atomic E-state index is 0.253. The summed E-state index contributed by atoms with van der Waals surface area (Å²) in [5.41, 5.74) is 0.253. The third-order valence-corrected chi connectivity index (χ3v) is 3.69. The molecule has 0 radical (unpaired) electrons. The van der Waals surface area contributed by atoms with Gasteiger partial charge in [-0.05, 0) is 36.6 Å². The molecule has 1 aromatic rings. The standard InChI is InChI=1S/C13H13Cl2NO4/c14-8-4-7(5-9(15)6-8)11(17)12(18)16-3-1-2-10(16)13(19)20/h4-6,10-11,17H,1-3H2,(H,19,20). The number of amides is 1. The van der Waals surface area contributed by atoms with Crippen LogP contribution in [-0.4, -0.2) is 39.6 Å². The van der Waals surface area contributed by atoms with E-state index in [0.29, 0.717) is 29.4 Å². The van der Waals surface area contributed by atoms with Gasteiger partial charge in [-0.2, -0.15) is 0 Å². The van der Waals surface area contributed by atoms with Gasteiger partial charge in [-0.15, -0.1) is 0 Å². The third-order valence-electron chi connectivity index (χ3n) is 3.26. The predicted octanol–water partition coefficient (Wildman–Crippen LogP) is 2.10. The van der Waals surface area contributed by atoms with Crippen LogP contribution in [0.2, 0.25) is 10.0 Å². The lowest BCUT2D eigenvalue weighted by Crippen LogP contribution is -2.42. The second-order valence-corrected chi connectivity index (χ2v) is 5.51. The number of nitrogens with zero attached hydrogens (tertiary/aromatic N) is 1. The van der Waals surface area contributed by atoms with Gasteiger partial charge in [0, 0.05) is 16.6 Å². The van der Waals surface area contributed by atoms with Gasteiger partial charge in [0.25, 0.3) is 5.91 Å². The van der Waals surface area contributed by atoms with Gasteiger partial charge in [-0.1, -0.05) is 23.2 Å². The van der Waals surface area contributed by atoms with Crippen LogP contribution < -0.4 is 0 Å². The van der Waals surface area contributed by atoms with Crippen molar-refractivity contribution in [3.8, 4) is 0 Å². The van der Waals surface area contributed by atoms with Crippen LogP contribution in [0.4, 0.5) is 0 Å². The van der Waals surface area contributed by atoms with Crippen molar-refractivity contribution in [2.75, 3.05) is 6.54 Å². The first kappa shape index (κ1) is 15.1. The summed E-state index contributed by atoms with van der Waals surface area (Å²) in [5, 5.41) is 19.8. The van der Waals surface area contributed by atoms with E-state index in [1.807, 2.05) is 0 Å². The fourth-order valence-corrected chi connectivity index (χ4v) is 2.86. The molecule has 2 rings (SSSR count). The summed E-state index contributed by atoms with van der Waals surface area (Å²) in [6.45, 7) is 0.321. The first-order valence-electron chi connectivity index (χ1n) is 6.07. The fourth-order valence-electron chi connectivity index (χ4n) is 2.32. The van der Waals surface area contributed by atoms with Crippen LogP contribution in [0.1, 0.15) is 24.5 Å². The Morgan fingerprint density at radius 1 is 1.25 bits per heavy atom. The molecule has 20 heavy (non-hydrogen) atoms. The highest BCUT2D eigenvalue weighted by Gasteiger charge is 2.37. The van der Waals surface area contributed by atoms with Crippen molar-refractivity contribution in [2.45, 2.75) is 25.0 Å². The maximum atomic E-state index is 12.2. The molecule has 2 atom stereocenters. The molecule has 1 heterocycles. The Balaban J connectivity index is 2.22. The second kappa shape index (κ2) is 5.99. The van der Waals surface area contributed by atoms with Gasteiger partial charge in [-0.3, -0.25) is 4.79 Å². The lowest BCUT2D eigenvalue weighted by Gasteiger charge is -2.24. The molecule has 1 fully saturated rings. The van der Waals surface area contributed by atoms with E-state index in [9.17, 15) is 14.7 Å². The summed E-state index contributed by atoms with van der Waals surface area (Å²) >= 11 is 11.6. The van der Waals surface area contributed by atoms with E-state index in [1.165, 1.54) is 23.1 Å². The molecule has 1 aliphatic heterocycles. The van der Waals surface area contributed by atoms with Crippen molar-refractivity contribution in [1.82, 2.24) is 4.90 Å². The number of carboxylic acid groups (broad SMARTS) is 1. The Bertz CT molecular complexity index is 529. The van der Waals surface area contributed by atoms with Gasteiger partial charge in [0.05, 0.1) is 0 Å². The molecule has 0 saturated carbocycles. The first-order chi connectivity index (χ1) is 9.40. The molecule has 0 spiro atoms. The first-order valence-corrected chi connectivity index (χ1v) is 6.83. The number of benzene rings is 1. The summed E-state index contributed by atoms with van der Waals surface area (Å²) in [7, 11) is 0. The van der Waals surface area contributed by atoms with Crippen molar-refractivity contribution in [3.05, 3.63) is 33.8 Å². The van der Waals surface area contributed by atoms with Crippen LogP contribution in [-0.2, 0) is 9.59 Å². The van der Waals surface area contributed by atoms with Gasteiger partial charge in [-0.25, -0.2) is 4.79 Å². The molecule has 2 unspecified atom stereocenters. The zero-order valence-corrected chi connectivity index (χ0v) is 11.9. The maximum Gasteiger partial charge on any atom is 0.326 e. The average molecular weight is 318 g/mol. The third kappa shape index (κ3) is 3.06. The number of carbonyl (C=O) groups excluding carboxylic acids is 1. The largest absolute Gasteiger partial charge is 0.480 e. The average Bonchev–Trinajstić information content (AvgIpc) is 2.85. The number of likely N-dealkylation sites (tertiary alicyclic amines) is 1. The van der Waals surface area contributed by atoms with E-state index in [4.69, 9.17) is 28.3 Å². The van der Waals surface area contributed by atoms with Crippen molar-refractivity contribution in [1.29, 1.82) is 0 Å². The highest BCUT2D eigenvalue weighted by atomic mass is 35.5. The van der Waals surface area contributed by atoms with Crippen LogP contribution in [0.3, 0.4) is 0 Å². The second-order valence-electron chi connectivity index (χ2n) is 4.63. The highest BCUT2D eigenvalue weighted by Crippen LogP contribution is 2.27. The molecule has 108 valence electrons. The fraction of sp³-hybridized carbons (Fsp3) is 0.385. The zero-order valence-electron chi connectivity index (χ0n) is 10.4. The molecule has 1 saturated heterocycles. The van der Waals surface area contributed by atoms with E-state index < -0.39 is 24.0 Å². The molecule has 0 aliphatic carbocycles. The Kier molecular flexibility index (Phi) is 4.52. The summed E-state index contributed by atoms with van der Waals surface area (Å²) in [5.74, 6) is -1.71. The van der Waals surface area contributed by atoms with Gasteiger partial charge in [0.1, 0.15) is 6.04 Å². The summed E-state index contributed by atoms with van der Waals surface area (Å²) in [6, 6.07) is 3.47. The predicted molar refractivity (Wildman–Crippen MR) is 73.8 cm³/mol. The quantitative estimate of drug-likeness (QED) is 0.895.